The van der Waals surface area contributed by atoms with Crippen molar-refractivity contribution in [2.75, 3.05) is 0 Å². The average molecular weight is 236 g/mol. The van der Waals surface area contributed by atoms with Crippen LogP contribution in [0.1, 0.15) is 42.7 Å². The lowest BCUT2D eigenvalue weighted by atomic mass is 9.86. The number of hydrogen-bond acceptors (Lipinski definition) is 1. The fourth-order valence-electron chi connectivity index (χ4n) is 3.25. The van der Waals surface area contributed by atoms with Gasteiger partial charge in [0.2, 0.25) is 0 Å². The molecule has 2 heteroatoms. The van der Waals surface area contributed by atoms with Crippen LogP contribution in [0.15, 0.2) is 18.2 Å². The fraction of sp³-hybridized carbons (Fsp3) is 0.571. The number of piperidine rings is 1. The molecule has 3 rings (SSSR count). The van der Waals surface area contributed by atoms with Crippen molar-refractivity contribution in [1.29, 1.82) is 0 Å². The molecule has 0 aliphatic carbocycles. The number of nitrogens with one attached hydrogen (secondary N) is 1. The molecule has 1 unspecified atom stereocenters. The van der Waals surface area contributed by atoms with Gasteiger partial charge in [-0.15, -0.1) is 0 Å². The summed E-state index contributed by atoms with van der Waals surface area (Å²) >= 11 is 6.08. The Kier molecular flexibility index (Phi) is 2.68. The van der Waals surface area contributed by atoms with Gasteiger partial charge in [-0.3, -0.25) is 0 Å². The Bertz CT molecular complexity index is 390. The second-order valence-corrected chi connectivity index (χ2v) is 5.72. The fourth-order valence-corrected chi connectivity index (χ4v) is 3.37. The van der Waals surface area contributed by atoms with Gasteiger partial charge >= 0.3 is 0 Å². The molecule has 2 aliphatic heterocycles. The van der Waals surface area contributed by atoms with Crippen LogP contribution in [0.5, 0.6) is 0 Å². The van der Waals surface area contributed by atoms with Crippen LogP contribution < -0.4 is 5.32 Å². The number of benzene rings is 1. The molecule has 0 amide bonds. The maximum absolute atomic E-state index is 6.08. The Labute approximate surface area is 102 Å². The zero-order chi connectivity index (χ0) is 11.1. The van der Waals surface area contributed by atoms with Gasteiger partial charge in [0.1, 0.15) is 0 Å². The van der Waals surface area contributed by atoms with Crippen molar-refractivity contribution in [2.24, 2.45) is 0 Å². The minimum atomic E-state index is 0.745. The van der Waals surface area contributed by atoms with Crippen LogP contribution in [-0.4, -0.2) is 12.1 Å². The zero-order valence-electron chi connectivity index (χ0n) is 9.67. The SMILES string of the molecule is Cc1cc(C2C[C@H]3CC[C@@H](C2)N3)ccc1Cl. The molecular weight excluding hydrogens is 218 g/mol. The van der Waals surface area contributed by atoms with E-state index in [1.54, 1.807) is 0 Å². The van der Waals surface area contributed by atoms with E-state index in [4.69, 9.17) is 11.6 Å². The number of hydrogen-bond donors (Lipinski definition) is 1. The molecule has 1 aromatic carbocycles. The van der Waals surface area contributed by atoms with Gasteiger partial charge in [-0.2, -0.15) is 0 Å². The van der Waals surface area contributed by atoms with Gasteiger partial charge in [-0.05, 0) is 55.7 Å². The molecule has 0 saturated carbocycles. The van der Waals surface area contributed by atoms with Crippen LogP contribution in [0.25, 0.3) is 0 Å². The van der Waals surface area contributed by atoms with Gasteiger partial charge in [-0.1, -0.05) is 23.7 Å². The molecular formula is C14H18ClN. The Morgan fingerprint density at radius 3 is 2.50 bits per heavy atom. The molecule has 0 spiro atoms. The molecule has 3 atom stereocenters. The zero-order valence-corrected chi connectivity index (χ0v) is 10.4. The first-order valence-corrected chi connectivity index (χ1v) is 6.62. The van der Waals surface area contributed by atoms with E-state index in [1.807, 2.05) is 0 Å². The van der Waals surface area contributed by atoms with Crippen LogP contribution in [0.2, 0.25) is 5.02 Å². The van der Waals surface area contributed by atoms with Crippen LogP contribution in [0, 0.1) is 6.92 Å². The van der Waals surface area contributed by atoms with Crippen LogP contribution >= 0.6 is 11.6 Å². The molecule has 2 fully saturated rings. The van der Waals surface area contributed by atoms with E-state index in [-0.39, 0.29) is 0 Å². The summed E-state index contributed by atoms with van der Waals surface area (Å²) < 4.78 is 0. The van der Waals surface area contributed by atoms with E-state index in [0.717, 1.165) is 23.0 Å². The minimum absolute atomic E-state index is 0.745. The summed E-state index contributed by atoms with van der Waals surface area (Å²) in [6.45, 7) is 2.10. The molecule has 2 saturated heterocycles. The summed E-state index contributed by atoms with van der Waals surface area (Å²) in [7, 11) is 0. The van der Waals surface area contributed by atoms with Crippen molar-refractivity contribution in [3.8, 4) is 0 Å². The lowest BCUT2D eigenvalue weighted by Crippen LogP contribution is -2.37. The third-order valence-electron chi connectivity index (χ3n) is 4.13. The van der Waals surface area contributed by atoms with E-state index in [1.165, 1.54) is 36.8 Å². The largest absolute Gasteiger partial charge is 0.311 e. The van der Waals surface area contributed by atoms with Gasteiger partial charge < -0.3 is 5.32 Å². The third kappa shape index (κ3) is 1.87. The molecule has 86 valence electrons. The van der Waals surface area contributed by atoms with Crippen LogP contribution in [-0.2, 0) is 0 Å². The molecule has 0 aromatic heterocycles. The molecule has 1 aromatic rings. The number of fused-ring (bicyclic) bond motifs is 2. The monoisotopic (exact) mass is 235 g/mol. The van der Waals surface area contributed by atoms with E-state index < -0.39 is 0 Å². The van der Waals surface area contributed by atoms with Gasteiger partial charge in [0.05, 0.1) is 0 Å². The van der Waals surface area contributed by atoms with Gasteiger partial charge in [0, 0.05) is 17.1 Å². The lowest BCUT2D eigenvalue weighted by molar-refractivity contribution is 0.363. The summed E-state index contributed by atoms with van der Waals surface area (Å²) in [5.74, 6) is 0.745. The number of aryl methyl sites for hydroxylation is 1. The van der Waals surface area contributed by atoms with Crippen molar-refractivity contribution in [2.45, 2.75) is 50.6 Å². The highest BCUT2D eigenvalue weighted by Gasteiger charge is 2.33. The van der Waals surface area contributed by atoms with Crippen LogP contribution in [0.4, 0.5) is 0 Å². The quantitative estimate of drug-likeness (QED) is 0.784. The lowest BCUT2D eigenvalue weighted by Gasteiger charge is -2.29. The van der Waals surface area contributed by atoms with Gasteiger partial charge in [0.15, 0.2) is 0 Å². The van der Waals surface area contributed by atoms with E-state index in [2.05, 4.69) is 30.4 Å². The molecule has 1 nitrogen and oxygen atoms in total. The number of halogens is 1. The van der Waals surface area contributed by atoms with Crippen molar-refractivity contribution < 1.29 is 0 Å². The predicted molar refractivity (Wildman–Crippen MR) is 68.1 cm³/mol. The van der Waals surface area contributed by atoms with Crippen molar-refractivity contribution >= 4 is 11.6 Å². The maximum Gasteiger partial charge on any atom is 0.0435 e. The van der Waals surface area contributed by atoms with E-state index >= 15 is 0 Å². The topological polar surface area (TPSA) is 12.0 Å². The predicted octanol–water partition coefficient (Wildman–Crippen LogP) is 3.65. The summed E-state index contributed by atoms with van der Waals surface area (Å²) in [4.78, 5) is 0. The van der Waals surface area contributed by atoms with Crippen molar-refractivity contribution in [3.05, 3.63) is 34.3 Å². The van der Waals surface area contributed by atoms with Crippen LogP contribution in [0.3, 0.4) is 0 Å². The smallest absolute Gasteiger partial charge is 0.0435 e. The maximum atomic E-state index is 6.08. The second-order valence-electron chi connectivity index (χ2n) is 5.31. The molecule has 2 aliphatic rings. The molecule has 16 heavy (non-hydrogen) atoms. The Hall–Kier alpha value is -0.530. The van der Waals surface area contributed by atoms with Gasteiger partial charge in [0.25, 0.3) is 0 Å². The van der Waals surface area contributed by atoms with E-state index in [9.17, 15) is 0 Å². The highest BCUT2D eigenvalue weighted by molar-refractivity contribution is 6.31. The van der Waals surface area contributed by atoms with Crippen molar-refractivity contribution in [1.82, 2.24) is 5.32 Å². The van der Waals surface area contributed by atoms with E-state index in [0.29, 0.717) is 0 Å². The summed E-state index contributed by atoms with van der Waals surface area (Å²) in [6, 6.07) is 8.07. The second kappa shape index (κ2) is 4.05. The standard InChI is InChI=1S/C14H18ClN/c1-9-6-10(2-5-14(9)15)11-7-12-3-4-13(8-11)16-12/h2,5-6,11-13,16H,3-4,7-8H2,1H3/t11?,12-,13+. The normalized spacial score (nSPS) is 33.0. The third-order valence-corrected chi connectivity index (χ3v) is 4.55. The number of rotatable bonds is 1. The molecule has 2 bridgehead atoms. The molecule has 1 N–H and O–H groups in total. The van der Waals surface area contributed by atoms with Gasteiger partial charge in [-0.25, -0.2) is 0 Å². The minimum Gasteiger partial charge on any atom is -0.311 e. The Morgan fingerprint density at radius 1 is 1.19 bits per heavy atom. The first kappa shape index (κ1) is 10.6. The Morgan fingerprint density at radius 2 is 1.88 bits per heavy atom. The average Bonchev–Trinajstić information content (AvgIpc) is 2.62. The first-order valence-electron chi connectivity index (χ1n) is 6.24. The molecule has 0 radical (unpaired) electrons. The highest BCUT2D eigenvalue weighted by atomic mass is 35.5. The first-order chi connectivity index (χ1) is 7.72. The Balaban J connectivity index is 1.84. The van der Waals surface area contributed by atoms with Crippen molar-refractivity contribution in [3.63, 3.8) is 0 Å². The highest BCUT2D eigenvalue weighted by Crippen LogP contribution is 2.37. The summed E-state index contributed by atoms with van der Waals surface area (Å²) in [5.41, 5.74) is 2.70. The summed E-state index contributed by atoms with van der Waals surface area (Å²) in [6.07, 6.45) is 5.34. The summed E-state index contributed by atoms with van der Waals surface area (Å²) in [5, 5.41) is 4.58. The molecule has 2 heterocycles.